The van der Waals surface area contributed by atoms with Gasteiger partial charge < -0.3 is 27.6 Å². The normalized spacial score (nSPS) is 12.5. The van der Waals surface area contributed by atoms with Crippen LogP contribution in [0.25, 0.3) is 11.1 Å². The van der Waals surface area contributed by atoms with Gasteiger partial charge in [0.1, 0.15) is 17.9 Å². The highest BCUT2D eigenvalue weighted by Gasteiger charge is 2.19. The van der Waals surface area contributed by atoms with Crippen LogP contribution in [0.15, 0.2) is 72.8 Å². The maximum atomic E-state index is 12.5. The van der Waals surface area contributed by atoms with Crippen molar-refractivity contribution in [1.82, 2.24) is 0 Å². The van der Waals surface area contributed by atoms with E-state index in [1.54, 1.807) is 7.11 Å². The average molecular weight is 460 g/mol. The number of aliphatic hydroxyl groups is 1. The number of ketones is 1. The number of quaternary nitrogens is 1. The number of aliphatic hydroxyl groups excluding tert-OH is 1. The van der Waals surface area contributed by atoms with E-state index < -0.39 is 6.10 Å². The Morgan fingerprint density at radius 1 is 1.03 bits per heavy atom. The van der Waals surface area contributed by atoms with Crippen molar-refractivity contribution < 1.29 is 32.4 Å². The minimum atomic E-state index is -0.558. The number of carbonyl (C=O) groups excluding carboxylic acids is 1. The van der Waals surface area contributed by atoms with Gasteiger partial charge >= 0.3 is 0 Å². The molecule has 0 saturated carbocycles. The number of methoxy groups -OCH3 is 1. The lowest BCUT2D eigenvalue weighted by atomic mass is 10.0. The van der Waals surface area contributed by atoms with E-state index in [9.17, 15) is 9.90 Å². The largest absolute Gasteiger partial charge is 1.00 e. The van der Waals surface area contributed by atoms with E-state index in [1.165, 1.54) is 0 Å². The number of halogens is 2. The molecule has 3 aromatic carbocycles. The van der Waals surface area contributed by atoms with Gasteiger partial charge in [0.25, 0.3) is 0 Å². The van der Waals surface area contributed by atoms with Crippen molar-refractivity contribution in [2.75, 3.05) is 13.7 Å². The highest BCUT2D eigenvalue weighted by atomic mass is 35.5. The zero-order valence-electron chi connectivity index (χ0n) is 17.6. The molecule has 31 heavy (non-hydrogen) atoms. The van der Waals surface area contributed by atoms with Crippen LogP contribution in [-0.2, 0) is 0 Å². The molecular formula is C25H27Cl2NO3. The fourth-order valence-corrected chi connectivity index (χ4v) is 3.66. The van der Waals surface area contributed by atoms with Crippen LogP contribution in [0.4, 0.5) is 0 Å². The molecule has 0 aliphatic carbocycles. The molecular weight excluding hydrogens is 433 g/mol. The number of rotatable bonds is 9. The van der Waals surface area contributed by atoms with Crippen LogP contribution in [0.3, 0.4) is 0 Å². The van der Waals surface area contributed by atoms with Gasteiger partial charge in [0.2, 0.25) is 0 Å². The summed E-state index contributed by atoms with van der Waals surface area (Å²) < 4.78 is 5.19. The molecule has 0 aromatic heterocycles. The molecule has 0 aliphatic rings. The standard InChI is InChI=1S/C25H26ClNO3.ClH/c1-17(25(29)20-6-4-3-5-7-20)27-15-14-23(28)19-10-8-18(9-11-19)21-12-13-24(30-2)22(26)16-21;/h3-13,16-17,25,27,29H,14-15H2,1-2H3;1H. The Labute approximate surface area is 194 Å². The van der Waals surface area contributed by atoms with E-state index in [2.05, 4.69) is 0 Å². The van der Waals surface area contributed by atoms with Crippen molar-refractivity contribution >= 4 is 17.4 Å². The summed E-state index contributed by atoms with van der Waals surface area (Å²) in [6, 6.07) is 22.7. The van der Waals surface area contributed by atoms with Gasteiger partial charge in [0.05, 0.1) is 25.1 Å². The Kier molecular flexibility index (Phi) is 9.53. The second-order valence-electron chi connectivity index (χ2n) is 7.34. The van der Waals surface area contributed by atoms with Gasteiger partial charge in [-0.05, 0) is 35.7 Å². The first-order chi connectivity index (χ1) is 14.5. The predicted molar refractivity (Wildman–Crippen MR) is 120 cm³/mol. The van der Waals surface area contributed by atoms with E-state index in [0.717, 1.165) is 16.7 Å². The average Bonchev–Trinajstić information content (AvgIpc) is 2.79. The topological polar surface area (TPSA) is 63.1 Å². The van der Waals surface area contributed by atoms with Crippen molar-refractivity contribution in [2.24, 2.45) is 0 Å². The van der Waals surface area contributed by atoms with Gasteiger partial charge in [-0.2, -0.15) is 0 Å². The minimum absolute atomic E-state index is 0. The van der Waals surface area contributed by atoms with Crippen LogP contribution in [0.5, 0.6) is 5.75 Å². The summed E-state index contributed by atoms with van der Waals surface area (Å²) in [4.78, 5) is 12.5. The fraction of sp³-hybridized carbons (Fsp3) is 0.240. The smallest absolute Gasteiger partial charge is 0.168 e. The summed E-state index contributed by atoms with van der Waals surface area (Å²) in [5.41, 5.74) is 3.53. The molecule has 0 amide bonds. The second-order valence-corrected chi connectivity index (χ2v) is 7.75. The van der Waals surface area contributed by atoms with Gasteiger partial charge in [-0.15, -0.1) is 0 Å². The first-order valence-electron chi connectivity index (χ1n) is 10.0. The highest BCUT2D eigenvalue weighted by Crippen LogP contribution is 2.30. The molecule has 2 atom stereocenters. The molecule has 4 nitrogen and oxygen atoms in total. The Morgan fingerprint density at radius 2 is 1.68 bits per heavy atom. The Morgan fingerprint density at radius 3 is 2.29 bits per heavy atom. The summed E-state index contributed by atoms with van der Waals surface area (Å²) >= 11 is 6.20. The fourth-order valence-electron chi connectivity index (χ4n) is 3.40. The number of Topliss-reactive ketones (excluding diaryl/α,β-unsaturated/α-hetero) is 1. The van der Waals surface area contributed by atoms with E-state index in [0.29, 0.717) is 29.3 Å². The van der Waals surface area contributed by atoms with Crippen LogP contribution in [0, 0.1) is 0 Å². The molecule has 3 N–H and O–H groups in total. The van der Waals surface area contributed by atoms with Gasteiger partial charge in [0.15, 0.2) is 5.78 Å². The number of benzene rings is 3. The summed E-state index contributed by atoms with van der Waals surface area (Å²) in [7, 11) is 1.59. The van der Waals surface area contributed by atoms with Gasteiger partial charge in [-0.25, -0.2) is 0 Å². The predicted octanol–water partition coefficient (Wildman–Crippen LogP) is 1.28. The molecule has 0 bridgehead atoms. The SMILES string of the molecule is COc1ccc(-c2ccc(C(=O)CC[NH2+]C(C)C(O)c3ccccc3)cc2)cc1Cl.[Cl-]. The van der Waals surface area contributed by atoms with Crippen molar-refractivity contribution in [1.29, 1.82) is 0 Å². The Balaban J connectivity index is 0.00000341. The lowest BCUT2D eigenvalue weighted by molar-refractivity contribution is -0.693. The van der Waals surface area contributed by atoms with Crippen molar-refractivity contribution in [3.05, 3.63) is 88.9 Å². The highest BCUT2D eigenvalue weighted by molar-refractivity contribution is 6.32. The third-order valence-corrected chi connectivity index (χ3v) is 5.54. The Bertz CT molecular complexity index is 978. The molecule has 2 unspecified atom stereocenters. The number of nitrogens with two attached hydrogens (primary N) is 1. The molecule has 0 radical (unpaired) electrons. The molecule has 0 fully saturated rings. The van der Waals surface area contributed by atoms with Gasteiger partial charge in [-0.3, -0.25) is 4.79 Å². The summed E-state index contributed by atoms with van der Waals surface area (Å²) in [5, 5.41) is 13.0. The molecule has 164 valence electrons. The molecule has 0 heterocycles. The number of hydrogen-bond acceptors (Lipinski definition) is 3. The molecule has 6 heteroatoms. The number of hydrogen-bond donors (Lipinski definition) is 2. The van der Waals surface area contributed by atoms with Crippen molar-refractivity contribution in [3.63, 3.8) is 0 Å². The van der Waals surface area contributed by atoms with Crippen LogP contribution in [-0.4, -0.2) is 30.6 Å². The lowest BCUT2D eigenvalue weighted by Crippen LogP contribution is -3.00. The lowest BCUT2D eigenvalue weighted by Gasteiger charge is -2.17. The monoisotopic (exact) mass is 459 g/mol. The zero-order chi connectivity index (χ0) is 21.5. The van der Waals surface area contributed by atoms with E-state index in [1.807, 2.05) is 85.0 Å². The molecule has 3 rings (SSSR count). The maximum absolute atomic E-state index is 12.5. The quantitative estimate of drug-likeness (QED) is 0.473. The summed E-state index contributed by atoms with van der Waals surface area (Å²) in [5.74, 6) is 0.724. The van der Waals surface area contributed by atoms with E-state index in [4.69, 9.17) is 16.3 Å². The first-order valence-corrected chi connectivity index (χ1v) is 10.4. The Hall–Kier alpha value is -2.37. The van der Waals surface area contributed by atoms with Crippen LogP contribution < -0.4 is 22.5 Å². The summed E-state index contributed by atoms with van der Waals surface area (Å²) in [6.45, 7) is 2.59. The van der Waals surface area contributed by atoms with Crippen molar-refractivity contribution in [2.45, 2.75) is 25.5 Å². The summed E-state index contributed by atoms with van der Waals surface area (Å²) in [6.07, 6.45) is -0.142. The van der Waals surface area contributed by atoms with Crippen molar-refractivity contribution in [3.8, 4) is 16.9 Å². The zero-order valence-corrected chi connectivity index (χ0v) is 19.1. The van der Waals surface area contributed by atoms with E-state index >= 15 is 0 Å². The minimum Gasteiger partial charge on any atom is -1.00 e. The van der Waals surface area contributed by atoms with E-state index in [-0.39, 0.29) is 24.2 Å². The van der Waals surface area contributed by atoms with Crippen LogP contribution in [0.2, 0.25) is 5.02 Å². The molecule has 0 saturated heterocycles. The number of carbonyl (C=O) groups is 1. The third-order valence-electron chi connectivity index (χ3n) is 5.24. The van der Waals surface area contributed by atoms with Gasteiger partial charge in [0, 0.05) is 5.56 Å². The first kappa shape index (κ1) is 24.9. The molecule has 3 aromatic rings. The van der Waals surface area contributed by atoms with Crippen LogP contribution in [0.1, 0.15) is 35.4 Å². The third kappa shape index (κ3) is 6.55. The number of ether oxygens (including phenoxy) is 1. The van der Waals surface area contributed by atoms with Crippen LogP contribution >= 0.6 is 11.6 Å². The molecule has 0 aliphatic heterocycles. The maximum Gasteiger partial charge on any atom is 0.168 e. The molecule has 0 spiro atoms. The second kappa shape index (κ2) is 11.9. The van der Waals surface area contributed by atoms with Gasteiger partial charge in [-0.1, -0.05) is 72.3 Å².